The van der Waals surface area contributed by atoms with Gasteiger partial charge in [0.1, 0.15) is 12.1 Å². The van der Waals surface area contributed by atoms with Gasteiger partial charge in [-0.05, 0) is 73.3 Å². The summed E-state index contributed by atoms with van der Waals surface area (Å²) in [5.74, 6) is -2.46. The zero-order valence-corrected chi connectivity index (χ0v) is 24.5. The van der Waals surface area contributed by atoms with Gasteiger partial charge in [0, 0.05) is 6.54 Å². The molecule has 10 nitrogen and oxygen atoms in total. The lowest BCUT2D eigenvalue weighted by Gasteiger charge is -2.35. The number of ether oxygens (including phenoxy) is 2. The fourth-order valence-corrected chi connectivity index (χ4v) is 7.00. The number of benzene rings is 1. The van der Waals surface area contributed by atoms with Crippen LogP contribution in [0.15, 0.2) is 24.3 Å². The molecule has 1 heterocycles. The van der Waals surface area contributed by atoms with Gasteiger partial charge in [0.25, 0.3) is 5.78 Å². The summed E-state index contributed by atoms with van der Waals surface area (Å²) >= 11 is 0. The van der Waals surface area contributed by atoms with Crippen molar-refractivity contribution in [2.45, 2.75) is 84.0 Å². The van der Waals surface area contributed by atoms with E-state index in [0.717, 1.165) is 31.1 Å². The zero-order chi connectivity index (χ0) is 29.6. The van der Waals surface area contributed by atoms with E-state index in [2.05, 4.69) is 29.2 Å². The SMILES string of the molecule is COC(=O)C(=O)C(CC1CC1)NC(=O)C1C2C(CN1C(=O)C(NC(=O)OC(C)C)C1Cc3ccccc3C1)C2(C)C. The average Bonchev–Trinajstić information content (AvgIpc) is 3.67. The number of likely N-dealkylation sites (tertiary alicyclic amines) is 1. The molecule has 10 heteroatoms. The molecule has 1 aromatic carbocycles. The molecule has 0 spiro atoms. The van der Waals surface area contributed by atoms with Gasteiger partial charge in [-0.3, -0.25) is 14.4 Å². The van der Waals surface area contributed by atoms with Crippen molar-refractivity contribution in [3.05, 3.63) is 35.4 Å². The van der Waals surface area contributed by atoms with Crippen molar-refractivity contribution >= 4 is 29.7 Å². The minimum Gasteiger partial charge on any atom is -0.463 e. The summed E-state index contributed by atoms with van der Waals surface area (Å²) in [6.45, 7) is 8.02. The largest absolute Gasteiger partial charge is 0.463 e. The molecule has 222 valence electrons. The van der Waals surface area contributed by atoms with Gasteiger partial charge in [-0.15, -0.1) is 0 Å². The molecule has 0 radical (unpaired) electrons. The van der Waals surface area contributed by atoms with Crippen LogP contribution in [-0.4, -0.2) is 72.4 Å². The summed E-state index contributed by atoms with van der Waals surface area (Å²) in [6.07, 6.45) is 2.45. The molecule has 3 amide bonds. The summed E-state index contributed by atoms with van der Waals surface area (Å²) in [7, 11) is 1.14. The van der Waals surface area contributed by atoms with Crippen LogP contribution in [0.1, 0.15) is 58.1 Å². The lowest BCUT2D eigenvalue weighted by atomic mass is 9.93. The number of fused-ring (bicyclic) bond motifs is 2. The third-order valence-corrected chi connectivity index (χ3v) is 9.48. The lowest BCUT2D eigenvalue weighted by Crippen LogP contribution is -2.59. The Labute approximate surface area is 240 Å². The Bertz CT molecular complexity index is 1210. The number of nitrogens with one attached hydrogen (secondary N) is 2. The summed E-state index contributed by atoms with van der Waals surface area (Å²) in [6, 6.07) is 5.29. The second-order valence-electron chi connectivity index (χ2n) is 13.0. The fourth-order valence-electron chi connectivity index (χ4n) is 7.00. The average molecular weight is 568 g/mol. The van der Waals surface area contributed by atoms with Gasteiger partial charge in [-0.25, -0.2) is 9.59 Å². The second-order valence-corrected chi connectivity index (χ2v) is 13.0. The van der Waals surface area contributed by atoms with E-state index in [1.54, 1.807) is 18.7 Å². The predicted octanol–water partition coefficient (Wildman–Crippen LogP) is 2.41. The van der Waals surface area contributed by atoms with E-state index in [1.165, 1.54) is 0 Å². The highest BCUT2D eigenvalue weighted by Gasteiger charge is 2.70. The van der Waals surface area contributed by atoms with Crippen molar-refractivity contribution < 1.29 is 33.4 Å². The van der Waals surface area contributed by atoms with Gasteiger partial charge in [-0.2, -0.15) is 0 Å². The topological polar surface area (TPSA) is 131 Å². The molecule has 4 aliphatic rings. The molecule has 3 aliphatic carbocycles. The molecular formula is C31H41N3O7. The Morgan fingerprint density at radius 1 is 1.02 bits per heavy atom. The Balaban J connectivity index is 1.39. The fraction of sp³-hybridized carbons (Fsp3) is 0.645. The summed E-state index contributed by atoms with van der Waals surface area (Å²) < 4.78 is 9.99. The highest BCUT2D eigenvalue weighted by atomic mass is 16.6. The van der Waals surface area contributed by atoms with E-state index < -0.39 is 41.9 Å². The predicted molar refractivity (Wildman–Crippen MR) is 148 cm³/mol. The summed E-state index contributed by atoms with van der Waals surface area (Å²) in [4.78, 5) is 67.4. The number of rotatable bonds is 10. The Kier molecular flexibility index (Phi) is 7.87. The summed E-state index contributed by atoms with van der Waals surface area (Å²) in [5.41, 5.74) is 2.12. The van der Waals surface area contributed by atoms with Gasteiger partial charge < -0.3 is 25.0 Å². The normalized spacial score (nSPS) is 25.5. The van der Waals surface area contributed by atoms with Crippen LogP contribution in [0.3, 0.4) is 0 Å². The van der Waals surface area contributed by atoms with Crippen molar-refractivity contribution in [1.82, 2.24) is 15.5 Å². The highest BCUT2D eigenvalue weighted by molar-refractivity contribution is 6.36. The molecule has 3 fully saturated rings. The van der Waals surface area contributed by atoms with Gasteiger partial charge in [0.2, 0.25) is 11.8 Å². The monoisotopic (exact) mass is 567 g/mol. The first-order chi connectivity index (χ1) is 19.4. The highest BCUT2D eigenvalue weighted by Crippen LogP contribution is 2.65. The molecular weight excluding hydrogens is 526 g/mol. The zero-order valence-electron chi connectivity index (χ0n) is 24.5. The van der Waals surface area contributed by atoms with E-state index >= 15 is 0 Å². The molecule has 5 rings (SSSR count). The molecule has 1 aliphatic heterocycles. The molecule has 5 unspecified atom stereocenters. The maximum absolute atomic E-state index is 14.3. The molecule has 41 heavy (non-hydrogen) atoms. The quantitative estimate of drug-likeness (QED) is 0.328. The number of hydrogen-bond donors (Lipinski definition) is 2. The number of nitrogens with zero attached hydrogens (tertiary/aromatic N) is 1. The van der Waals surface area contributed by atoms with E-state index in [1.807, 2.05) is 24.3 Å². The number of carbonyl (C=O) groups excluding carboxylic acids is 5. The molecule has 5 atom stereocenters. The third-order valence-electron chi connectivity index (χ3n) is 9.48. The van der Waals surface area contributed by atoms with E-state index in [-0.39, 0.29) is 41.1 Å². The smallest absolute Gasteiger partial charge is 0.408 e. The number of ketones is 1. The number of alkyl carbamates (subject to hydrolysis) is 1. The first-order valence-electron chi connectivity index (χ1n) is 14.7. The first kappa shape index (κ1) is 29.1. The number of carbonyl (C=O) groups is 5. The van der Waals surface area contributed by atoms with Crippen molar-refractivity contribution in [3.63, 3.8) is 0 Å². The van der Waals surface area contributed by atoms with Crippen LogP contribution in [0.4, 0.5) is 4.79 Å². The standard InChI is InChI=1S/C31H41N3O7/c1-16(2)41-30(39)33-24(20-13-18-8-6-7-9-19(18)14-20)28(37)34-15-21-23(31(21,3)4)25(34)27(36)32-22(12-17-10-11-17)26(35)29(38)40-5/h6-9,16-17,20-25H,10-15H2,1-5H3,(H,32,36)(H,33,39). The second kappa shape index (κ2) is 11.1. The number of methoxy groups -OCH3 is 1. The number of amides is 3. The molecule has 1 aromatic rings. The lowest BCUT2D eigenvalue weighted by molar-refractivity contribution is -0.153. The van der Waals surface area contributed by atoms with E-state index in [4.69, 9.17) is 4.74 Å². The van der Waals surface area contributed by atoms with Crippen LogP contribution in [-0.2, 0) is 41.5 Å². The molecule has 0 aromatic heterocycles. The number of piperidine rings is 1. The van der Waals surface area contributed by atoms with Crippen LogP contribution < -0.4 is 10.6 Å². The van der Waals surface area contributed by atoms with Crippen molar-refractivity contribution in [3.8, 4) is 0 Å². The van der Waals surface area contributed by atoms with Crippen LogP contribution in [0.5, 0.6) is 0 Å². The van der Waals surface area contributed by atoms with Crippen LogP contribution in [0.25, 0.3) is 0 Å². The number of Topliss-reactive ketones (excluding diaryl/α,β-unsaturated/α-hetero) is 1. The minimum atomic E-state index is -1.00. The van der Waals surface area contributed by atoms with Crippen LogP contribution >= 0.6 is 0 Å². The van der Waals surface area contributed by atoms with E-state index in [0.29, 0.717) is 25.8 Å². The van der Waals surface area contributed by atoms with Gasteiger partial charge in [0.15, 0.2) is 0 Å². The molecule has 2 saturated carbocycles. The first-order valence-corrected chi connectivity index (χ1v) is 14.7. The van der Waals surface area contributed by atoms with E-state index in [9.17, 15) is 24.0 Å². The molecule has 0 bridgehead atoms. The van der Waals surface area contributed by atoms with Gasteiger partial charge in [0.05, 0.1) is 19.3 Å². The Morgan fingerprint density at radius 2 is 1.66 bits per heavy atom. The number of esters is 1. The van der Waals surface area contributed by atoms with Crippen molar-refractivity contribution in [2.24, 2.45) is 29.1 Å². The molecule has 1 saturated heterocycles. The van der Waals surface area contributed by atoms with Gasteiger partial charge >= 0.3 is 12.1 Å². The Hall–Kier alpha value is -3.43. The minimum absolute atomic E-state index is 0.0923. The maximum Gasteiger partial charge on any atom is 0.408 e. The Morgan fingerprint density at radius 3 is 2.22 bits per heavy atom. The third kappa shape index (κ3) is 5.83. The van der Waals surface area contributed by atoms with Crippen molar-refractivity contribution in [2.75, 3.05) is 13.7 Å². The van der Waals surface area contributed by atoms with Crippen LogP contribution in [0, 0.1) is 29.1 Å². The maximum atomic E-state index is 14.3. The van der Waals surface area contributed by atoms with Gasteiger partial charge in [-0.1, -0.05) is 51.0 Å². The summed E-state index contributed by atoms with van der Waals surface area (Å²) in [5, 5.41) is 5.65. The van der Waals surface area contributed by atoms with Crippen molar-refractivity contribution in [1.29, 1.82) is 0 Å². The molecule has 2 N–H and O–H groups in total. The van der Waals surface area contributed by atoms with Crippen LogP contribution in [0.2, 0.25) is 0 Å². The number of hydrogen-bond acceptors (Lipinski definition) is 7.